The lowest BCUT2D eigenvalue weighted by atomic mass is 10.2. The first-order chi connectivity index (χ1) is 9.69. The van der Waals surface area contributed by atoms with E-state index in [-0.39, 0.29) is 24.0 Å². The van der Waals surface area contributed by atoms with E-state index in [1.807, 2.05) is 24.4 Å². The van der Waals surface area contributed by atoms with Crippen molar-refractivity contribution in [3.05, 3.63) is 42.4 Å². The highest BCUT2D eigenvalue weighted by Crippen LogP contribution is 2.05. The summed E-state index contributed by atoms with van der Waals surface area (Å²) in [5, 5.41) is 10.7. The van der Waals surface area contributed by atoms with Gasteiger partial charge in [0.1, 0.15) is 0 Å². The zero-order chi connectivity index (χ0) is 14.4. The van der Waals surface area contributed by atoms with E-state index in [4.69, 9.17) is 0 Å². The molecule has 2 aromatic rings. The van der Waals surface area contributed by atoms with Gasteiger partial charge in [0, 0.05) is 38.2 Å². The number of pyridine rings is 1. The number of nitrogens with one attached hydrogen (secondary N) is 2. The lowest BCUT2D eigenvalue weighted by Gasteiger charge is -2.14. The van der Waals surface area contributed by atoms with Gasteiger partial charge in [0.05, 0.1) is 0 Å². The normalized spacial score (nSPS) is 11.1. The Morgan fingerprint density at radius 3 is 2.81 bits per heavy atom. The van der Waals surface area contributed by atoms with E-state index in [1.165, 1.54) is 0 Å². The number of hydrogen-bond donors (Lipinski definition) is 2. The van der Waals surface area contributed by atoms with Crippen LogP contribution in [0.3, 0.4) is 0 Å². The molecule has 0 unspecified atom stereocenters. The maximum Gasteiger partial charge on any atom is 0.191 e. The highest BCUT2D eigenvalue weighted by atomic mass is 127. The third-order valence-electron chi connectivity index (χ3n) is 2.66. The molecule has 0 aliphatic carbocycles. The van der Waals surface area contributed by atoms with E-state index in [0.717, 1.165) is 17.3 Å². The summed E-state index contributed by atoms with van der Waals surface area (Å²) in [6.07, 6.45) is 5.40. The number of guanidine groups is 1. The smallest absolute Gasteiger partial charge is 0.191 e. The number of nitrogens with zero attached hydrogens (tertiary/aromatic N) is 4. The minimum absolute atomic E-state index is 0. The second-order valence-corrected chi connectivity index (χ2v) is 4.70. The Balaban J connectivity index is 0.00000220. The molecule has 0 saturated heterocycles. The van der Waals surface area contributed by atoms with E-state index < -0.39 is 0 Å². The van der Waals surface area contributed by atoms with Crippen molar-refractivity contribution in [3.63, 3.8) is 0 Å². The Labute approximate surface area is 142 Å². The van der Waals surface area contributed by atoms with Gasteiger partial charge < -0.3 is 10.6 Å². The summed E-state index contributed by atoms with van der Waals surface area (Å²) in [6, 6.07) is 6.20. The number of halogens is 1. The van der Waals surface area contributed by atoms with Gasteiger partial charge in [-0.1, -0.05) is 0 Å². The Hall–Kier alpha value is -1.64. The van der Waals surface area contributed by atoms with Gasteiger partial charge in [0.2, 0.25) is 0 Å². The molecular formula is C14H21IN6. The van der Waals surface area contributed by atoms with E-state index in [0.29, 0.717) is 12.6 Å². The van der Waals surface area contributed by atoms with Crippen LogP contribution < -0.4 is 10.6 Å². The first-order valence-corrected chi connectivity index (χ1v) is 6.61. The molecule has 2 heterocycles. The zero-order valence-electron chi connectivity index (χ0n) is 12.4. The maximum absolute atomic E-state index is 4.30. The monoisotopic (exact) mass is 400 g/mol. The van der Waals surface area contributed by atoms with Gasteiger partial charge in [-0.2, -0.15) is 5.10 Å². The minimum Gasteiger partial charge on any atom is -0.354 e. The molecule has 0 saturated carbocycles. The van der Waals surface area contributed by atoms with Crippen LogP contribution in [-0.2, 0) is 6.54 Å². The van der Waals surface area contributed by atoms with Crippen LogP contribution in [0.5, 0.6) is 0 Å². The Kier molecular flexibility index (Phi) is 7.13. The standard InChI is InChI=1S/C14H20N6.HI/c1-11(2)19-14(15-3)17-10-12-5-7-16-13(9-12)20-8-4-6-18-20;/h4-9,11H,10H2,1-3H3,(H2,15,17,19);1H. The van der Waals surface area contributed by atoms with Crippen molar-refractivity contribution in [2.75, 3.05) is 7.05 Å². The van der Waals surface area contributed by atoms with Crippen LogP contribution in [0.2, 0.25) is 0 Å². The van der Waals surface area contributed by atoms with Crippen molar-refractivity contribution in [2.24, 2.45) is 4.99 Å². The predicted molar refractivity (Wildman–Crippen MR) is 95.2 cm³/mol. The fraction of sp³-hybridized carbons (Fsp3) is 0.357. The molecule has 2 aromatic heterocycles. The molecule has 7 heteroatoms. The fourth-order valence-electron chi connectivity index (χ4n) is 1.75. The third kappa shape index (κ3) is 5.33. The molecule has 0 bridgehead atoms. The van der Waals surface area contributed by atoms with Crippen LogP contribution in [-0.4, -0.2) is 33.8 Å². The van der Waals surface area contributed by atoms with Gasteiger partial charge in [-0.3, -0.25) is 4.99 Å². The summed E-state index contributed by atoms with van der Waals surface area (Å²) >= 11 is 0. The molecule has 0 spiro atoms. The molecule has 21 heavy (non-hydrogen) atoms. The summed E-state index contributed by atoms with van der Waals surface area (Å²) in [6.45, 7) is 4.84. The third-order valence-corrected chi connectivity index (χ3v) is 2.66. The summed E-state index contributed by atoms with van der Waals surface area (Å²) in [5.41, 5.74) is 1.12. The lowest BCUT2D eigenvalue weighted by Crippen LogP contribution is -2.40. The second-order valence-electron chi connectivity index (χ2n) is 4.70. The lowest BCUT2D eigenvalue weighted by molar-refractivity contribution is 0.699. The average molecular weight is 400 g/mol. The summed E-state index contributed by atoms with van der Waals surface area (Å²) in [4.78, 5) is 8.48. The fourth-order valence-corrected chi connectivity index (χ4v) is 1.75. The molecule has 0 amide bonds. The van der Waals surface area contributed by atoms with Gasteiger partial charge in [-0.15, -0.1) is 24.0 Å². The number of aromatic nitrogens is 3. The van der Waals surface area contributed by atoms with Crippen LogP contribution in [0.15, 0.2) is 41.8 Å². The zero-order valence-corrected chi connectivity index (χ0v) is 14.8. The van der Waals surface area contributed by atoms with Crippen molar-refractivity contribution in [1.82, 2.24) is 25.4 Å². The molecule has 6 nitrogen and oxygen atoms in total. The van der Waals surface area contributed by atoms with E-state index in [1.54, 1.807) is 24.1 Å². The highest BCUT2D eigenvalue weighted by molar-refractivity contribution is 14.0. The Morgan fingerprint density at radius 1 is 1.38 bits per heavy atom. The molecule has 0 aromatic carbocycles. The largest absolute Gasteiger partial charge is 0.354 e. The summed E-state index contributed by atoms with van der Waals surface area (Å²) < 4.78 is 1.74. The van der Waals surface area contributed by atoms with Gasteiger partial charge in [0.25, 0.3) is 0 Å². The Bertz CT molecular complexity index is 565. The Morgan fingerprint density at radius 2 is 2.19 bits per heavy atom. The molecule has 2 N–H and O–H groups in total. The van der Waals surface area contributed by atoms with Gasteiger partial charge in [-0.05, 0) is 37.6 Å². The number of aliphatic imine (C=N–C) groups is 1. The molecule has 0 radical (unpaired) electrons. The second kappa shape index (κ2) is 8.60. The van der Waals surface area contributed by atoms with Crippen molar-refractivity contribution in [1.29, 1.82) is 0 Å². The van der Waals surface area contributed by atoms with Crippen LogP contribution in [0.25, 0.3) is 5.82 Å². The first kappa shape index (κ1) is 17.4. The molecular weight excluding hydrogens is 379 g/mol. The molecule has 0 aliphatic rings. The van der Waals surface area contributed by atoms with E-state index >= 15 is 0 Å². The molecule has 114 valence electrons. The molecule has 0 fully saturated rings. The number of hydrogen-bond acceptors (Lipinski definition) is 3. The van der Waals surface area contributed by atoms with Crippen LogP contribution in [0.4, 0.5) is 0 Å². The van der Waals surface area contributed by atoms with Crippen LogP contribution in [0.1, 0.15) is 19.4 Å². The first-order valence-electron chi connectivity index (χ1n) is 6.61. The van der Waals surface area contributed by atoms with Gasteiger partial charge in [-0.25, -0.2) is 9.67 Å². The average Bonchev–Trinajstić information content (AvgIpc) is 2.97. The van der Waals surface area contributed by atoms with Gasteiger partial charge >= 0.3 is 0 Å². The van der Waals surface area contributed by atoms with Gasteiger partial charge in [0.15, 0.2) is 11.8 Å². The molecule has 2 rings (SSSR count). The summed E-state index contributed by atoms with van der Waals surface area (Å²) in [7, 11) is 1.76. The maximum atomic E-state index is 4.30. The van der Waals surface area contributed by atoms with Crippen LogP contribution >= 0.6 is 24.0 Å². The van der Waals surface area contributed by atoms with Crippen molar-refractivity contribution < 1.29 is 0 Å². The van der Waals surface area contributed by atoms with Crippen molar-refractivity contribution >= 4 is 29.9 Å². The summed E-state index contributed by atoms with van der Waals surface area (Å²) in [5.74, 6) is 1.60. The molecule has 0 atom stereocenters. The molecule has 0 aliphatic heterocycles. The topological polar surface area (TPSA) is 67.1 Å². The quantitative estimate of drug-likeness (QED) is 0.468. The van der Waals surface area contributed by atoms with E-state index in [2.05, 4.69) is 39.6 Å². The van der Waals surface area contributed by atoms with Crippen LogP contribution in [0, 0.1) is 0 Å². The number of rotatable bonds is 4. The minimum atomic E-state index is 0. The van der Waals surface area contributed by atoms with E-state index in [9.17, 15) is 0 Å². The SMILES string of the molecule is CN=C(NCc1ccnc(-n2cccn2)c1)NC(C)C.I. The van der Waals surface area contributed by atoms with Crippen molar-refractivity contribution in [3.8, 4) is 5.82 Å². The van der Waals surface area contributed by atoms with Crippen molar-refractivity contribution in [2.45, 2.75) is 26.4 Å². The highest BCUT2D eigenvalue weighted by Gasteiger charge is 2.02. The predicted octanol–water partition coefficient (Wildman–Crippen LogP) is 1.96.